The number of hydrogen-bond acceptors (Lipinski definition) is 4. The van der Waals surface area contributed by atoms with E-state index in [1.54, 1.807) is 18.2 Å². The van der Waals surface area contributed by atoms with Crippen LogP contribution in [0.15, 0.2) is 60.8 Å². The number of halogens is 1. The highest BCUT2D eigenvalue weighted by molar-refractivity contribution is 5.54. The van der Waals surface area contributed by atoms with E-state index in [2.05, 4.69) is 44.5 Å². The van der Waals surface area contributed by atoms with Crippen molar-refractivity contribution in [3.63, 3.8) is 0 Å². The third-order valence-electron chi connectivity index (χ3n) is 4.38. The lowest BCUT2D eigenvalue weighted by atomic mass is 10.1. The van der Waals surface area contributed by atoms with Gasteiger partial charge in [-0.05, 0) is 17.7 Å². The Balaban J connectivity index is 1.47. The Kier molecular flexibility index (Phi) is 4.39. The Labute approximate surface area is 146 Å². The molecule has 5 heteroatoms. The molecule has 1 N–H and O–H groups in total. The van der Waals surface area contributed by atoms with Crippen molar-refractivity contribution in [1.29, 1.82) is 0 Å². The minimum Gasteiger partial charge on any atom is -0.322 e. The van der Waals surface area contributed by atoms with Crippen LogP contribution in [0, 0.1) is 5.82 Å². The zero-order valence-corrected chi connectivity index (χ0v) is 13.8. The monoisotopic (exact) mass is 334 g/mol. The van der Waals surface area contributed by atoms with E-state index in [9.17, 15) is 4.39 Å². The van der Waals surface area contributed by atoms with E-state index in [4.69, 9.17) is 0 Å². The third kappa shape index (κ3) is 3.67. The van der Waals surface area contributed by atoms with Crippen molar-refractivity contribution >= 4 is 11.6 Å². The summed E-state index contributed by atoms with van der Waals surface area (Å²) in [6.07, 6.45) is 2.72. The summed E-state index contributed by atoms with van der Waals surface area (Å²) in [4.78, 5) is 11.3. The van der Waals surface area contributed by atoms with Crippen molar-refractivity contribution in [3.8, 4) is 0 Å². The molecular formula is C20H19FN4. The number of anilines is 2. The predicted octanol–water partition coefficient (Wildman–Crippen LogP) is 3.92. The van der Waals surface area contributed by atoms with Crippen molar-refractivity contribution in [2.45, 2.75) is 19.5 Å². The molecular weight excluding hydrogens is 315 g/mol. The molecule has 0 bridgehead atoms. The summed E-state index contributed by atoms with van der Waals surface area (Å²) in [6.45, 7) is 2.72. The van der Waals surface area contributed by atoms with E-state index in [0.717, 1.165) is 37.3 Å². The summed E-state index contributed by atoms with van der Waals surface area (Å²) in [7, 11) is 0. The molecule has 0 aliphatic carbocycles. The molecule has 0 radical (unpaired) electrons. The Morgan fingerprint density at radius 2 is 1.84 bits per heavy atom. The molecule has 0 amide bonds. The Morgan fingerprint density at radius 3 is 2.68 bits per heavy atom. The Bertz CT molecular complexity index is 867. The molecule has 0 saturated carbocycles. The second kappa shape index (κ2) is 6.99. The van der Waals surface area contributed by atoms with Crippen LogP contribution in [0.25, 0.3) is 0 Å². The summed E-state index contributed by atoms with van der Waals surface area (Å²) in [5.74, 6) is 0.137. The molecule has 1 aliphatic rings. The predicted molar refractivity (Wildman–Crippen MR) is 96.0 cm³/mol. The van der Waals surface area contributed by atoms with Gasteiger partial charge in [0, 0.05) is 37.8 Å². The summed E-state index contributed by atoms with van der Waals surface area (Å²) < 4.78 is 13.7. The SMILES string of the molecule is Fc1ccccc1Nc1ncc2c(n1)CCN(Cc1ccccc1)C2. The first kappa shape index (κ1) is 15.7. The van der Waals surface area contributed by atoms with Gasteiger partial charge in [-0.25, -0.2) is 14.4 Å². The van der Waals surface area contributed by atoms with Gasteiger partial charge >= 0.3 is 0 Å². The average Bonchev–Trinajstić information content (AvgIpc) is 2.65. The number of benzene rings is 2. The standard InChI is InChI=1S/C20H19FN4/c21-17-8-4-5-9-19(17)24-20-22-12-16-14-25(11-10-18(16)23-20)13-15-6-2-1-3-7-15/h1-9,12H,10-11,13-14H2,(H,22,23,24). The first-order valence-electron chi connectivity index (χ1n) is 8.40. The van der Waals surface area contributed by atoms with Crippen LogP contribution in [0.3, 0.4) is 0 Å². The van der Waals surface area contributed by atoms with Gasteiger partial charge in [0.2, 0.25) is 5.95 Å². The number of nitrogens with one attached hydrogen (secondary N) is 1. The van der Waals surface area contributed by atoms with Crippen LogP contribution in [0.1, 0.15) is 16.8 Å². The highest BCUT2D eigenvalue weighted by Crippen LogP contribution is 2.22. The minimum atomic E-state index is -0.308. The number of aromatic nitrogens is 2. The maximum Gasteiger partial charge on any atom is 0.227 e. The van der Waals surface area contributed by atoms with Gasteiger partial charge in [-0.1, -0.05) is 42.5 Å². The number of nitrogens with zero attached hydrogens (tertiary/aromatic N) is 3. The quantitative estimate of drug-likeness (QED) is 0.785. The summed E-state index contributed by atoms with van der Waals surface area (Å²) in [6, 6.07) is 17.0. The van der Waals surface area contributed by atoms with Gasteiger partial charge in [-0.15, -0.1) is 0 Å². The van der Waals surface area contributed by atoms with Crippen LogP contribution in [0.5, 0.6) is 0 Å². The molecule has 1 aliphatic heterocycles. The number of rotatable bonds is 4. The number of hydrogen-bond donors (Lipinski definition) is 1. The second-order valence-electron chi connectivity index (χ2n) is 6.22. The normalized spacial score (nSPS) is 14.1. The first-order valence-corrected chi connectivity index (χ1v) is 8.40. The topological polar surface area (TPSA) is 41.1 Å². The smallest absolute Gasteiger partial charge is 0.227 e. The molecule has 3 aromatic rings. The summed E-state index contributed by atoms with van der Waals surface area (Å²) in [5, 5.41) is 2.96. The van der Waals surface area contributed by atoms with Crippen LogP contribution >= 0.6 is 0 Å². The Hall–Kier alpha value is -2.79. The maximum atomic E-state index is 13.7. The minimum absolute atomic E-state index is 0.308. The summed E-state index contributed by atoms with van der Waals surface area (Å²) in [5.41, 5.74) is 3.88. The molecule has 0 unspecified atom stereocenters. The molecule has 126 valence electrons. The molecule has 4 rings (SSSR count). The largest absolute Gasteiger partial charge is 0.322 e. The number of para-hydroxylation sites is 1. The molecule has 0 atom stereocenters. The fourth-order valence-corrected chi connectivity index (χ4v) is 3.09. The van der Waals surface area contributed by atoms with Crippen molar-refractivity contribution < 1.29 is 4.39 Å². The zero-order valence-electron chi connectivity index (χ0n) is 13.8. The van der Waals surface area contributed by atoms with Crippen LogP contribution in [0.4, 0.5) is 16.0 Å². The second-order valence-corrected chi connectivity index (χ2v) is 6.22. The average molecular weight is 334 g/mol. The lowest BCUT2D eigenvalue weighted by Gasteiger charge is -2.28. The van der Waals surface area contributed by atoms with E-state index in [-0.39, 0.29) is 5.82 Å². The molecule has 2 aromatic carbocycles. The van der Waals surface area contributed by atoms with E-state index >= 15 is 0 Å². The van der Waals surface area contributed by atoms with E-state index in [1.165, 1.54) is 11.6 Å². The highest BCUT2D eigenvalue weighted by Gasteiger charge is 2.18. The molecule has 0 fully saturated rings. The fraction of sp³-hybridized carbons (Fsp3) is 0.200. The fourth-order valence-electron chi connectivity index (χ4n) is 3.09. The van der Waals surface area contributed by atoms with Crippen LogP contribution in [-0.4, -0.2) is 21.4 Å². The van der Waals surface area contributed by atoms with Gasteiger partial charge in [0.05, 0.1) is 11.4 Å². The molecule has 1 aromatic heterocycles. The molecule has 2 heterocycles. The van der Waals surface area contributed by atoms with Gasteiger partial charge in [0.25, 0.3) is 0 Å². The van der Waals surface area contributed by atoms with Crippen molar-refractivity contribution in [3.05, 3.63) is 83.4 Å². The molecule has 4 nitrogen and oxygen atoms in total. The lowest BCUT2D eigenvalue weighted by Crippen LogP contribution is -2.31. The highest BCUT2D eigenvalue weighted by atomic mass is 19.1. The number of fused-ring (bicyclic) bond motifs is 1. The lowest BCUT2D eigenvalue weighted by molar-refractivity contribution is 0.243. The van der Waals surface area contributed by atoms with Gasteiger partial charge in [-0.3, -0.25) is 4.90 Å². The van der Waals surface area contributed by atoms with Gasteiger partial charge in [0.15, 0.2) is 0 Å². The zero-order chi connectivity index (χ0) is 17.1. The molecule has 0 saturated heterocycles. The van der Waals surface area contributed by atoms with Gasteiger partial charge in [0.1, 0.15) is 5.82 Å². The summed E-state index contributed by atoms with van der Waals surface area (Å²) >= 11 is 0. The van der Waals surface area contributed by atoms with Crippen molar-refractivity contribution in [2.75, 3.05) is 11.9 Å². The van der Waals surface area contributed by atoms with Crippen LogP contribution in [-0.2, 0) is 19.5 Å². The van der Waals surface area contributed by atoms with E-state index < -0.39 is 0 Å². The Morgan fingerprint density at radius 1 is 1.04 bits per heavy atom. The first-order chi connectivity index (χ1) is 12.3. The third-order valence-corrected chi connectivity index (χ3v) is 4.38. The van der Waals surface area contributed by atoms with Crippen molar-refractivity contribution in [2.24, 2.45) is 0 Å². The van der Waals surface area contributed by atoms with Crippen molar-refractivity contribution in [1.82, 2.24) is 14.9 Å². The van der Waals surface area contributed by atoms with Crippen LogP contribution < -0.4 is 5.32 Å². The van der Waals surface area contributed by atoms with E-state index in [1.807, 2.05) is 12.3 Å². The molecule has 25 heavy (non-hydrogen) atoms. The van der Waals surface area contributed by atoms with E-state index in [0.29, 0.717) is 11.6 Å². The van der Waals surface area contributed by atoms with Gasteiger partial charge in [-0.2, -0.15) is 0 Å². The molecule has 0 spiro atoms. The van der Waals surface area contributed by atoms with Crippen LogP contribution in [0.2, 0.25) is 0 Å². The van der Waals surface area contributed by atoms with Gasteiger partial charge < -0.3 is 5.32 Å². The maximum absolute atomic E-state index is 13.7.